The SMILES string of the molecule is O=C(NC[C@H]1CCCN(C(=O)c2cc(-c3ccco3)on2)C1)c1ccco1. The van der Waals surface area contributed by atoms with Crippen LogP contribution in [0.4, 0.5) is 0 Å². The number of piperidine rings is 1. The molecule has 0 spiro atoms. The van der Waals surface area contributed by atoms with Gasteiger partial charge in [-0.1, -0.05) is 5.16 Å². The molecule has 3 aromatic rings. The Kier molecular flexibility index (Phi) is 4.78. The van der Waals surface area contributed by atoms with E-state index in [1.807, 2.05) is 0 Å². The Hall–Kier alpha value is -3.29. The number of carbonyl (C=O) groups is 2. The molecule has 2 amide bonds. The van der Waals surface area contributed by atoms with Crippen molar-refractivity contribution in [3.8, 4) is 11.5 Å². The summed E-state index contributed by atoms with van der Waals surface area (Å²) in [5, 5.41) is 6.73. The Morgan fingerprint density at radius 2 is 2.04 bits per heavy atom. The second-order valence-corrected chi connectivity index (χ2v) is 6.50. The summed E-state index contributed by atoms with van der Waals surface area (Å²) >= 11 is 0. The van der Waals surface area contributed by atoms with Crippen molar-refractivity contribution in [1.29, 1.82) is 0 Å². The fourth-order valence-corrected chi connectivity index (χ4v) is 3.22. The van der Waals surface area contributed by atoms with Crippen molar-refractivity contribution < 1.29 is 22.9 Å². The third-order valence-corrected chi connectivity index (χ3v) is 4.60. The summed E-state index contributed by atoms with van der Waals surface area (Å²) < 4.78 is 15.5. The van der Waals surface area contributed by atoms with Gasteiger partial charge >= 0.3 is 0 Å². The third-order valence-electron chi connectivity index (χ3n) is 4.60. The summed E-state index contributed by atoms with van der Waals surface area (Å²) in [5.41, 5.74) is 0.252. The van der Waals surface area contributed by atoms with Gasteiger partial charge in [0.05, 0.1) is 12.5 Å². The standard InChI is InChI=1S/C19H19N3O5/c23-18(16-6-3-9-26-16)20-11-13-4-1-7-22(12-13)19(24)14-10-17(27-21-14)15-5-2-8-25-15/h2-3,5-6,8-10,13H,1,4,7,11-12H2,(H,20,23)/t13-/m1/s1. The van der Waals surface area contributed by atoms with E-state index in [4.69, 9.17) is 13.4 Å². The predicted octanol–water partition coefficient (Wildman–Crippen LogP) is 2.81. The molecule has 27 heavy (non-hydrogen) atoms. The molecule has 1 aliphatic heterocycles. The maximum atomic E-state index is 12.7. The van der Waals surface area contributed by atoms with Crippen LogP contribution in [0.1, 0.15) is 33.9 Å². The zero-order chi connectivity index (χ0) is 18.6. The predicted molar refractivity (Wildman–Crippen MR) is 93.9 cm³/mol. The van der Waals surface area contributed by atoms with Gasteiger partial charge in [-0.3, -0.25) is 9.59 Å². The van der Waals surface area contributed by atoms with Gasteiger partial charge in [-0.25, -0.2) is 0 Å². The molecule has 4 heterocycles. The lowest BCUT2D eigenvalue weighted by molar-refractivity contribution is 0.0660. The van der Waals surface area contributed by atoms with Gasteiger partial charge in [0, 0.05) is 25.7 Å². The Bertz CT molecular complexity index is 898. The molecule has 1 aliphatic rings. The van der Waals surface area contributed by atoms with Gasteiger partial charge in [0.1, 0.15) is 0 Å². The van der Waals surface area contributed by atoms with Crippen LogP contribution in [0.2, 0.25) is 0 Å². The maximum absolute atomic E-state index is 12.7. The first-order chi connectivity index (χ1) is 13.2. The van der Waals surface area contributed by atoms with Gasteiger partial charge in [0.25, 0.3) is 11.8 Å². The molecule has 0 aliphatic carbocycles. The summed E-state index contributed by atoms with van der Waals surface area (Å²) in [6, 6.07) is 8.36. The Morgan fingerprint density at radius 1 is 1.19 bits per heavy atom. The minimum Gasteiger partial charge on any atom is -0.461 e. The Labute approximate surface area is 155 Å². The smallest absolute Gasteiger partial charge is 0.286 e. The molecular formula is C19H19N3O5. The minimum atomic E-state index is -0.247. The van der Waals surface area contributed by atoms with Crippen LogP contribution < -0.4 is 5.32 Å². The number of nitrogens with zero attached hydrogens (tertiary/aromatic N) is 2. The molecule has 4 rings (SSSR count). The van der Waals surface area contributed by atoms with Crippen molar-refractivity contribution in [1.82, 2.24) is 15.4 Å². The molecule has 0 unspecified atom stereocenters. The van der Waals surface area contributed by atoms with Gasteiger partial charge in [0.2, 0.25) is 5.76 Å². The molecule has 1 fully saturated rings. The number of carbonyl (C=O) groups excluding carboxylic acids is 2. The van der Waals surface area contributed by atoms with Crippen LogP contribution in [0.25, 0.3) is 11.5 Å². The van der Waals surface area contributed by atoms with Crippen LogP contribution in [-0.2, 0) is 0 Å². The van der Waals surface area contributed by atoms with Crippen LogP contribution in [0, 0.1) is 5.92 Å². The van der Waals surface area contributed by atoms with Gasteiger partial charge in [-0.15, -0.1) is 0 Å². The summed E-state index contributed by atoms with van der Waals surface area (Å²) in [5.74, 6) is 0.979. The first kappa shape index (κ1) is 17.1. The van der Waals surface area contributed by atoms with Crippen LogP contribution in [0.5, 0.6) is 0 Å². The topological polar surface area (TPSA) is 102 Å². The number of nitrogens with one attached hydrogen (secondary N) is 1. The molecule has 1 atom stereocenters. The number of amides is 2. The molecule has 3 aromatic heterocycles. The largest absolute Gasteiger partial charge is 0.461 e. The molecule has 8 nitrogen and oxygen atoms in total. The van der Waals surface area contributed by atoms with E-state index in [-0.39, 0.29) is 29.2 Å². The first-order valence-electron chi connectivity index (χ1n) is 8.82. The van der Waals surface area contributed by atoms with Crippen molar-refractivity contribution in [3.63, 3.8) is 0 Å². The summed E-state index contributed by atoms with van der Waals surface area (Å²) in [7, 11) is 0. The van der Waals surface area contributed by atoms with Gasteiger partial charge in [-0.2, -0.15) is 0 Å². The molecule has 0 bridgehead atoms. The minimum absolute atomic E-state index is 0.179. The van der Waals surface area contributed by atoms with Crippen LogP contribution >= 0.6 is 0 Å². The fraction of sp³-hybridized carbons (Fsp3) is 0.316. The average Bonchev–Trinajstić information content (AvgIpc) is 3.46. The molecule has 0 aromatic carbocycles. The fourth-order valence-electron chi connectivity index (χ4n) is 3.22. The van der Waals surface area contributed by atoms with E-state index in [1.165, 1.54) is 12.5 Å². The lowest BCUT2D eigenvalue weighted by Crippen LogP contribution is -2.43. The average molecular weight is 369 g/mol. The number of aromatic nitrogens is 1. The van der Waals surface area contributed by atoms with Crippen LogP contribution in [0.15, 0.2) is 56.2 Å². The highest BCUT2D eigenvalue weighted by Gasteiger charge is 2.27. The van der Waals surface area contributed by atoms with E-state index >= 15 is 0 Å². The van der Waals surface area contributed by atoms with Crippen molar-refractivity contribution >= 4 is 11.8 Å². The highest BCUT2D eigenvalue weighted by Crippen LogP contribution is 2.23. The summed E-state index contributed by atoms with van der Waals surface area (Å²) in [4.78, 5) is 26.5. The van der Waals surface area contributed by atoms with Crippen LogP contribution in [0.3, 0.4) is 0 Å². The Morgan fingerprint density at radius 3 is 2.81 bits per heavy atom. The lowest BCUT2D eigenvalue weighted by atomic mass is 9.97. The normalized spacial score (nSPS) is 17.0. The number of rotatable bonds is 5. The second-order valence-electron chi connectivity index (χ2n) is 6.50. The van der Waals surface area contributed by atoms with Crippen LogP contribution in [-0.4, -0.2) is 41.5 Å². The molecule has 1 N–H and O–H groups in total. The van der Waals surface area contributed by atoms with E-state index in [0.717, 1.165) is 12.8 Å². The summed E-state index contributed by atoms with van der Waals surface area (Å²) in [6.07, 6.45) is 4.81. The molecule has 140 valence electrons. The third kappa shape index (κ3) is 3.79. The monoisotopic (exact) mass is 369 g/mol. The molecule has 0 saturated carbocycles. The van der Waals surface area contributed by atoms with E-state index in [1.54, 1.807) is 35.2 Å². The quantitative estimate of drug-likeness (QED) is 0.742. The zero-order valence-electron chi connectivity index (χ0n) is 14.6. The number of furan rings is 2. The molecule has 0 radical (unpaired) electrons. The number of hydrogen-bond donors (Lipinski definition) is 1. The van der Waals surface area contributed by atoms with Gasteiger partial charge in [-0.05, 0) is 43.0 Å². The molecule has 1 saturated heterocycles. The number of likely N-dealkylation sites (tertiary alicyclic amines) is 1. The molecular weight excluding hydrogens is 350 g/mol. The van der Waals surface area contributed by atoms with Crippen molar-refractivity contribution in [2.45, 2.75) is 12.8 Å². The van der Waals surface area contributed by atoms with E-state index in [0.29, 0.717) is 31.2 Å². The van der Waals surface area contributed by atoms with Gasteiger partial charge < -0.3 is 23.6 Å². The van der Waals surface area contributed by atoms with Crippen molar-refractivity contribution in [2.24, 2.45) is 5.92 Å². The zero-order valence-corrected chi connectivity index (χ0v) is 14.6. The van der Waals surface area contributed by atoms with E-state index in [2.05, 4.69) is 10.5 Å². The Balaban J connectivity index is 1.35. The van der Waals surface area contributed by atoms with E-state index < -0.39 is 0 Å². The number of hydrogen-bond acceptors (Lipinski definition) is 6. The first-order valence-corrected chi connectivity index (χ1v) is 8.82. The summed E-state index contributed by atoms with van der Waals surface area (Å²) in [6.45, 7) is 1.70. The molecule has 8 heteroatoms. The highest BCUT2D eigenvalue weighted by molar-refractivity contribution is 5.93. The maximum Gasteiger partial charge on any atom is 0.286 e. The van der Waals surface area contributed by atoms with Crippen molar-refractivity contribution in [2.75, 3.05) is 19.6 Å². The lowest BCUT2D eigenvalue weighted by Gasteiger charge is -2.32. The second kappa shape index (κ2) is 7.53. The highest BCUT2D eigenvalue weighted by atomic mass is 16.5. The van der Waals surface area contributed by atoms with Gasteiger partial charge in [0.15, 0.2) is 17.2 Å². The van der Waals surface area contributed by atoms with Crippen molar-refractivity contribution in [3.05, 3.63) is 54.3 Å². The van der Waals surface area contributed by atoms with E-state index in [9.17, 15) is 9.59 Å².